The highest BCUT2D eigenvalue weighted by atomic mass is 16.5. The lowest BCUT2D eigenvalue weighted by atomic mass is 10.1. The van der Waals surface area contributed by atoms with Crippen molar-refractivity contribution in [1.29, 1.82) is 0 Å². The van der Waals surface area contributed by atoms with Crippen molar-refractivity contribution in [3.05, 3.63) is 29.3 Å². The molecule has 0 saturated heterocycles. The Balaban J connectivity index is 2.99. The zero-order valence-electron chi connectivity index (χ0n) is 8.75. The Bertz CT molecular complexity index is 419. The third kappa shape index (κ3) is 3.60. The van der Waals surface area contributed by atoms with Crippen LogP contribution in [0.15, 0.2) is 18.2 Å². The highest BCUT2D eigenvalue weighted by molar-refractivity contribution is 5.94. The Morgan fingerprint density at radius 2 is 1.65 bits per heavy atom. The molecule has 1 rings (SSSR count). The van der Waals surface area contributed by atoms with Crippen LogP contribution in [-0.4, -0.2) is 35.0 Å². The first-order valence-corrected chi connectivity index (χ1v) is 4.72. The Kier molecular flexibility index (Phi) is 4.21. The number of aromatic carboxylic acids is 2. The number of carboxylic acid groups (broad SMARTS) is 2. The zero-order chi connectivity index (χ0) is 12.8. The molecule has 0 saturated carbocycles. The zero-order valence-corrected chi connectivity index (χ0v) is 8.75. The summed E-state index contributed by atoms with van der Waals surface area (Å²) in [6.07, 6.45) is 0.804. The molecule has 90 valence electrons. The van der Waals surface area contributed by atoms with E-state index in [2.05, 4.69) is 0 Å². The third-order valence-corrected chi connectivity index (χ3v) is 1.90. The van der Waals surface area contributed by atoms with E-state index in [1.807, 2.05) is 0 Å². The van der Waals surface area contributed by atoms with E-state index < -0.39 is 11.9 Å². The molecule has 0 radical (unpaired) electrons. The van der Waals surface area contributed by atoms with Crippen LogP contribution in [0.5, 0.6) is 5.75 Å². The van der Waals surface area contributed by atoms with Gasteiger partial charge in [0, 0.05) is 6.42 Å². The van der Waals surface area contributed by atoms with E-state index in [-0.39, 0.29) is 29.9 Å². The molecular weight excluding hydrogens is 228 g/mol. The second-order valence-corrected chi connectivity index (χ2v) is 3.16. The number of rotatable bonds is 6. The van der Waals surface area contributed by atoms with Gasteiger partial charge in [0.2, 0.25) is 0 Å². The average Bonchev–Trinajstić information content (AvgIpc) is 2.29. The predicted molar refractivity (Wildman–Crippen MR) is 56.5 cm³/mol. The summed E-state index contributed by atoms with van der Waals surface area (Å²) in [7, 11) is 0. The van der Waals surface area contributed by atoms with Gasteiger partial charge < -0.3 is 19.7 Å². The molecule has 6 nitrogen and oxygen atoms in total. The van der Waals surface area contributed by atoms with Crippen LogP contribution in [0.25, 0.3) is 0 Å². The summed E-state index contributed by atoms with van der Waals surface area (Å²) in [6.45, 7) is 0.0750. The van der Waals surface area contributed by atoms with Crippen LogP contribution in [0.3, 0.4) is 0 Å². The number of carbonyl (C=O) groups is 3. The first kappa shape index (κ1) is 12.7. The fraction of sp³-hybridized carbons (Fsp3) is 0.182. The minimum absolute atomic E-state index is 0.0750. The molecule has 0 amide bonds. The summed E-state index contributed by atoms with van der Waals surface area (Å²) in [4.78, 5) is 31.6. The van der Waals surface area contributed by atoms with Gasteiger partial charge in [0.05, 0.1) is 17.7 Å². The molecular formula is C11H10O6. The van der Waals surface area contributed by atoms with Gasteiger partial charge in [0.25, 0.3) is 0 Å². The number of hydrogen-bond acceptors (Lipinski definition) is 4. The van der Waals surface area contributed by atoms with Crippen molar-refractivity contribution >= 4 is 18.2 Å². The minimum Gasteiger partial charge on any atom is -0.493 e. The quantitative estimate of drug-likeness (QED) is 0.567. The van der Waals surface area contributed by atoms with Crippen molar-refractivity contribution in [1.82, 2.24) is 0 Å². The van der Waals surface area contributed by atoms with Crippen LogP contribution in [-0.2, 0) is 4.79 Å². The average molecular weight is 238 g/mol. The van der Waals surface area contributed by atoms with Crippen molar-refractivity contribution < 1.29 is 29.3 Å². The number of carboxylic acids is 2. The van der Waals surface area contributed by atoms with Gasteiger partial charge in [-0.05, 0) is 18.2 Å². The Hall–Kier alpha value is -2.37. The molecule has 0 unspecified atom stereocenters. The first-order chi connectivity index (χ1) is 8.04. The van der Waals surface area contributed by atoms with Crippen molar-refractivity contribution in [2.45, 2.75) is 6.42 Å². The summed E-state index contributed by atoms with van der Waals surface area (Å²) < 4.78 is 5.07. The maximum atomic E-state index is 10.8. The molecule has 0 heterocycles. The lowest BCUT2D eigenvalue weighted by molar-refractivity contribution is -0.108. The molecule has 0 fully saturated rings. The van der Waals surface area contributed by atoms with Gasteiger partial charge in [0.15, 0.2) is 0 Å². The fourth-order valence-electron chi connectivity index (χ4n) is 1.15. The molecule has 2 N–H and O–H groups in total. The van der Waals surface area contributed by atoms with Crippen LogP contribution >= 0.6 is 0 Å². The van der Waals surface area contributed by atoms with Gasteiger partial charge in [-0.3, -0.25) is 0 Å². The molecule has 17 heavy (non-hydrogen) atoms. The molecule has 1 aromatic rings. The second-order valence-electron chi connectivity index (χ2n) is 3.16. The summed E-state index contributed by atoms with van der Waals surface area (Å²) >= 11 is 0. The highest BCUT2D eigenvalue weighted by Gasteiger charge is 2.11. The number of ether oxygens (including phenoxy) is 1. The summed E-state index contributed by atoms with van der Waals surface area (Å²) in [5.41, 5.74) is -0.350. The molecule has 0 aliphatic heterocycles. The van der Waals surface area contributed by atoms with E-state index in [4.69, 9.17) is 14.9 Å². The van der Waals surface area contributed by atoms with Gasteiger partial charge in [-0.15, -0.1) is 0 Å². The summed E-state index contributed by atoms with van der Waals surface area (Å²) in [6, 6.07) is 3.45. The second kappa shape index (κ2) is 5.64. The van der Waals surface area contributed by atoms with Crippen LogP contribution in [0.4, 0.5) is 0 Å². The maximum Gasteiger partial charge on any atom is 0.335 e. The van der Waals surface area contributed by atoms with Crippen molar-refractivity contribution in [3.63, 3.8) is 0 Å². The molecule has 0 aliphatic carbocycles. The third-order valence-electron chi connectivity index (χ3n) is 1.90. The van der Waals surface area contributed by atoms with Gasteiger partial charge in [-0.1, -0.05) is 0 Å². The maximum absolute atomic E-state index is 10.8. The van der Waals surface area contributed by atoms with E-state index in [0.29, 0.717) is 6.29 Å². The standard InChI is InChI=1S/C11H10O6/c12-2-1-3-17-9-5-7(10(13)14)4-8(6-9)11(15)16/h2,4-6H,1,3H2,(H,13,14)(H,15,16). The molecule has 6 heteroatoms. The fourth-order valence-corrected chi connectivity index (χ4v) is 1.15. The monoisotopic (exact) mass is 238 g/mol. The Morgan fingerprint density at radius 3 is 2.06 bits per heavy atom. The van der Waals surface area contributed by atoms with E-state index in [1.165, 1.54) is 12.1 Å². The van der Waals surface area contributed by atoms with Crippen molar-refractivity contribution in [3.8, 4) is 5.75 Å². The normalized spacial score (nSPS) is 9.65. The molecule has 0 spiro atoms. The van der Waals surface area contributed by atoms with Crippen LogP contribution in [0.2, 0.25) is 0 Å². The molecule has 0 atom stereocenters. The molecule has 0 bridgehead atoms. The van der Waals surface area contributed by atoms with Gasteiger partial charge in [-0.2, -0.15) is 0 Å². The van der Waals surface area contributed by atoms with Gasteiger partial charge in [0.1, 0.15) is 12.0 Å². The number of benzene rings is 1. The Morgan fingerprint density at radius 1 is 1.12 bits per heavy atom. The number of carbonyl (C=O) groups excluding carboxylic acids is 1. The summed E-state index contributed by atoms with van der Waals surface area (Å²) in [5.74, 6) is -2.37. The number of aldehydes is 1. The van der Waals surface area contributed by atoms with Gasteiger partial charge in [-0.25, -0.2) is 9.59 Å². The van der Waals surface area contributed by atoms with Crippen molar-refractivity contribution in [2.75, 3.05) is 6.61 Å². The summed E-state index contributed by atoms with van der Waals surface area (Å²) in [5, 5.41) is 17.6. The largest absolute Gasteiger partial charge is 0.493 e. The smallest absolute Gasteiger partial charge is 0.335 e. The first-order valence-electron chi connectivity index (χ1n) is 4.72. The lowest BCUT2D eigenvalue weighted by Crippen LogP contribution is -2.05. The minimum atomic E-state index is -1.24. The predicted octanol–water partition coefficient (Wildman–Crippen LogP) is 1.05. The highest BCUT2D eigenvalue weighted by Crippen LogP contribution is 2.17. The molecule has 0 aromatic heterocycles. The topological polar surface area (TPSA) is 101 Å². The van der Waals surface area contributed by atoms with Crippen LogP contribution < -0.4 is 4.74 Å². The molecule has 0 aliphatic rings. The number of hydrogen-bond donors (Lipinski definition) is 2. The molecule has 1 aromatic carbocycles. The van der Waals surface area contributed by atoms with E-state index in [1.54, 1.807) is 0 Å². The lowest BCUT2D eigenvalue weighted by Gasteiger charge is -2.06. The van der Waals surface area contributed by atoms with Crippen LogP contribution in [0, 0.1) is 0 Å². The van der Waals surface area contributed by atoms with Crippen LogP contribution in [0.1, 0.15) is 27.1 Å². The van der Waals surface area contributed by atoms with E-state index in [9.17, 15) is 14.4 Å². The van der Waals surface area contributed by atoms with E-state index in [0.717, 1.165) is 6.07 Å². The van der Waals surface area contributed by atoms with E-state index >= 15 is 0 Å². The van der Waals surface area contributed by atoms with Gasteiger partial charge >= 0.3 is 11.9 Å². The van der Waals surface area contributed by atoms with Crippen molar-refractivity contribution in [2.24, 2.45) is 0 Å². The Labute approximate surface area is 96.4 Å². The SMILES string of the molecule is O=CCCOc1cc(C(=O)O)cc(C(=O)O)c1.